The minimum absolute atomic E-state index is 0.410. The van der Waals surface area contributed by atoms with Crippen molar-refractivity contribution in [1.82, 2.24) is 0 Å². The first-order valence-electron chi connectivity index (χ1n) is 2.76. The van der Waals surface area contributed by atoms with Crippen LogP contribution in [0.3, 0.4) is 0 Å². The van der Waals surface area contributed by atoms with Crippen LogP contribution < -0.4 is 0 Å². The van der Waals surface area contributed by atoms with Crippen LogP contribution in [0.2, 0.25) is 0 Å². The quantitative estimate of drug-likeness (QED) is 0.324. The Labute approximate surface area is 54.8 Å². The lowest BCUT2D eigenvalue weighted by Gasteiger charge is -2.01. The fourth-order valence-corrected chi connectivity index (χ4v) is 0.339. The molecule has 50 valence electrons. The van der Waals surface area contributed by atoms with Crippen LogP contribution in [0.15, 0.2) is 17.9 Å². The highest BCUT2D eigenvalue weighted by molar-refractivity contribution is 5.57. The SMILES string of the molecule is C=C(OCC)C(C)=C=O. The molecule has 0 aromatic rings. The summed E-state index contributed by atoms with van der Waals surface area (Å²) in [6, 6.07) is 0. The lowest BCUT2D eigenvalue weighted by molar-refractivity contribution is 0.240. The Morgan fingerprint density at radius 1 is 1.78 bits per heavy atom. The van der Waals surface area contributed by atoms with E-state index in [1.165, 1.54) is 0 Å². The van der Waals surface area contributed by atoms with Gasteiger partial charge < -0.3 is 4.74 Å². The van der Waals surface area contributed by atoms with Gasteiger partial charge in [-0.3, -0.25) is 0 Å². The minimum atomic E-state index is 0.410. The molecular formula is C7H10O2. The van der Waals surface area contributed by atoms with Gasteiger partial charge >= 0.3 is 0 Å². The first-order valence-corrected chi connectivity index (χ1v) is 2.76. The molecule has 0 fully saturated rings. The Kier molecular flexibility index (Phi) is 3.49. The Morgan fingerprint density at radius 3 is 2.67 bits per heavy atom. The van der Waals surface area contributed by atoms with Crippen molar-refractivity contribution in [2.45, 2.75) is 13.8 Å². The summed E-state index contributed by atoms with van der Waals surface area (Å²) in [4.78, 5) is 9.92. The summed E-state index contributed by atoms with van der Waals surface area (Å²) in [5.74, 6) is 2.10. The van der Waals surface area contributed by atoms with Gasteiger partial charge in [-0.25, -0.2) is 4.79 Å². The summed E-state index contributed by atoms with van der Waals surface area (Å²) in [7, 11) is 0. The van der Waals surface area contributed by atoms with Crippen molar-refractivity contribution in [3.63, 3.8) is 0 Å². The molecule has 0 amide bonds. The highest BCUT2D eigenvalue weighted by atomic mass is 16.5. The van der Waals surface area contributed by atoms with Gasteiger partial charge in [-0.05, 0) is 13.8 Å². The number of rotatable bonds is 3. The molecule has 0 rings (SSSR count). The summed E-state index contributed by atoms with van der Waals surface area (Å²) in [5.41, 5.74) is 0.428. The van der Waals surface area contributed by atoms with Crippen molar-refractivity contribution in [3.05, 3.63) is 17.9 Å². The first-order chi connectivity index (χ1) is 4.22. The second-order valence-corrected chi connectivity index (χ2v) is 1.58. The maximum atomic E-state index is 9.92. The van der Waals surface area contributed by atoms with Crippen LogP contribution in [0.1, 0.15) is 13.8 Å². The third-order valence-electron chi connectivity index (χ3n) is 0.890. The van der Waals surface area contributed by atoms with E-state index in [4.69, 9.17) is 4.74 Å². The van der Waals surface area contributed by atoms with Gasteiger partial charge in [-0.1, -0.05) is 6.58 Å². The van der Waals surface area contributed by atoms with Crippen LogP contribution in [0.4, 0.5) is 0 Å². The topological polar surface area (TPSA) is 26.3 Å². The van der Waals surface area contributed by atoms with Crippen LogP contribution in [-0.2, 0) is 9.53 Å². The van der Waals surface area contributed by atoms with E-state index in [1.54, 1.807) is 12.9 Å². The number of hydrogen-bond donors (Lipinski definition) is 0. The van der Waals surface area contributed by atoms with E-state index in [1.807, 2.05) is 6.92 Å². The zero-order valence-corrected chi connectivity index (χ0v) is 5.73. The molecule has 0 aromatic heterocycles. The summed E-state index contributed by atoms with van der Waals surface area (Å²) in [6.45, 7) is 7.49. The van der Waals surface area contributed by atoms with Crippen LogP contribution in [-0.4, -0.2) is 12.5 Å². The fourth-order valence-electron chi connectivity index (χ4n) is 0.339. The van der Waals surface area contributed by atoms with E-state index in [9.17, 15) is 4.79 Å². The molecule has 0 aliphatic carbocycles. The number of carbonyl (C=O) groups excluding carboxylic acids is 1. The molecule has 2 heteroatoms. The van der Waals surface area contributed by atoms with Gasteiger partial charge in [-0.2, -0.15) is 0 Å². The molecule has 0 saturated carbocycles. The highest BCUT2D eigenvalue weighted by Gasteiger charge is 1.94. The smallest absolute Gasteiger partial charge is 0.131 e. The van der Waals surface area contributed by atoms with Crippen LogP contribution in [0.5, 0.6) is 0 Å². The second-order valence-electron chi connectivity index (χ2n) is 1.58. The van der Waals surface area contributed by atoms with Gasteiger partial charge in [-0.15, -0.1) is 0 Å². The van der Waals surface area contributed by atoms with Gasteiger partial charge in [0.25, 0.3) is 0 Å². The van der Waals surface area contributed by atoms with E-state index >= 15 is 0 Å². The summed E-state index contributed by atoms with van der Waals surface area (Å²) < 4.78 is 4.90. The lowest BCUT2D eigenvalue weighted by Crippen LogP contribution is -1.90. The minimum Gasteiger partial charge on any atom is -0.493 e. The Bertz CT molecular complexity index is 152. The molecule has 0 heterocycles. The van der Waals surface area contributed by atoms with Gasteiger partial charge in [0.2, 0.25) is 0 Å². The highest BCUT2D eigenvalue weighted by Crippen LogP contribution is 2.02. The molecule has 0 atom stereocenters. The lowest BCUT2D eigenvalue weighted by atomic mass is 10.3. The van der Waals surface area contributed by atoms with E-state index in [0.717, 1.165) is 0 Å². The average molecular weight is 126 g/mol. The third-order valence-corrected chi connectivity index (χ3v) is 0.890. The molecular weight excluding hydrogens is 116 g/mol. The average Bonchev–Trinajstić information content (AvgIpc) is 1.87. The van der Waals surface area contributed by atoms with E-state index in [2.05, 4.69) is 6.58 Å². The number of allylic oxidation sites excluding steroid dienone is 1. The zero-order chi connectivity index (χ0) is 7.28. The van der Waals surface area contributed by atoms with Crippen LogP contribution in [0, 0.1) is 0 Å². The molecule has 0 radical (unpaired) electrons. The molecule has 0 bridgehead atoms. The molecule has 0 aliphatic heterocycles. The number of hydrogen-bond acceptors (Lipinski definition) is 2. The van der Waals surface area contributed by atoms with Crippen molar-refractivity contribution in [2.24, 2.45) is 0 Å². The Hall–Kier alpha value is -1.01. The zero-order valence-electron chi connectivity index (χ0n) is 5.73. The maximum Gasteiger partial charge on any atom is 0.131 e. The van der Waals surface area contributed by atoms with Gasteiger partial charge in [0.1, 0.15) is 11.7 Å². The molecule has 9 heavy (non-hydrogen) atoms. The van der Waals surface area contributed by atoms with Crippen molar-refractivity contribution in [2.75, 3.05) is 6.61 Å². The third kappa shape index (κ3) is 2.73. The van der Waals surface area contributed by atoms with Gasteiger partial charge in [0, 0.05) is 0 Å². The van der Waals surface area contributed by atoms with Gasteiger partial charge in [0.15, 0.2) is 0 Å². The Morgan fingerprint density at radius 2 is 2.33 bits per heavy atom. The van der Waals surface area contributed by atoms with Crippen LogP contribution in [0.25, 0.3) is 0 Å². The molecule has 0 aliphatic rings. The summed E-state index contributed by atoms with van der Waals surface area (Å²) in [5, 5.41) is 0. The van der Waals surface area contributed by atoms with Crippen molar-refractivity contribution >= 4 is 5.94 Å². The van der Waals surface area contributed by atoms with E-state index in [-0.39, 0.29) is 0 Å². The molecule has 2 nitrogen and oxygen atoms in total. The predicted molar refractivity (Wildman–Crippen MR) is 35.6 cm³/mol. The monoisotopic (exact) mass is 126 g/mol. The summed E-state index contributed by atoms with van der Waals surface area (Å²) >= 11 is 0. The summed E-state index contributed by atoms with van der Waals surface area (Å²) in [6.07, 6.45) is 0. The second kappa shape index (κ2) is 3.93. The molecule has 0 saturated heterocycles. The van der Waals surface area contributed by atoms with Gasteiger partial charge in [0.05, 0.1) is 12.2 Å². The first kappa shape index (κ1) is 7.99. The largest absolute Gasteiger partial charge is 0.493 e. The molecule has 0 spiro atoms. The Balaban J connectivity index is 3.89. The maximum absolute atomic E-state index is 9.92. The van der Waals surface area contributed by atoms with Crippen molar-refractivity contribution in [1.29, 1.82) is 0 Å². The fraction of sp³-hybridized carbons (Fsp3) is 0.429. The standard InChI is InChI=1S/C7H10O2/c1-4-9-7(3)6(2)5-8/h3-4H2,1-2H3. The molecule has 0 aromatic carbocycles. The predicted octanol–water partition coefficient (Wildman–Crippen LogP) is 1.31. The van der Waals surface area contributed by atoms with Crippen molar-refractivity contribution in [3.8, 4) is 0 Å². The number of ether oxygens (including phenoxy) is 1. The van der Waals surface area contributed by atoms with Crippen LogP contribution >= 0.6 is 0 Å². The molecule has 0 unspecified atom stereocenters. The van der Waals surface area contributed by atoms with Crippen molar-refractivity contribution < 1.29 is 9.53 Å². The van der Waals surface area contributed by atoms with E-state index < -0.39 is 0 Å². The normalized spacial score (nSPS) is 7.78. The van der Waals surface area contributed by atoms with E-state index in [0.29, 0.717) is 17.9 Å². The molecule has 0 N–H and O–H groups in total.